The van der Waals surface area contributed by atoms with E-state index in [9.17, 15) is 9.59 Å². The molecule has 0 radical (unpaired) electrons. The third-order valence-corrected chi connectivity index (χ3v) is 6.18. The van der Waals surface area contributed by atoms with Gasteiger partial charge in [-0.3, -0.25) is 9.59 Å². The zero-order valence-corrected chi connectivity index (χ0v) is 18.1. The lowest BCUT2D eigenvalue weighted by atomic mass is 10.0. The van der Waals surface area contributed by atoms with Crippen LogP contribution in [0.2, 0.25) is 5.02 Å². The van der Waals surface area contributed by atoms with Crippen LogP contribution < -0.4 is 5.32 Å². The van der Waals surface area contributed by atoms with Crippen molar-refractivity contribution in [1.29, 1.82) is 0 Å². The second kappa shape index (κ2) is 8.59. The first-order valence-electron chi connectivity index (χ1n) is 9.62. The highest BCUT2D eigenvalue weighted by Crippen LogP contribution is 2.31. The van der Waals surface area contributed by atoms with E-state index < -0.39 is 0 Å². The molecule has 29 heavy (non-hydrogen) atoms. The lowest BCUT2D eigenvalue weighted by Crippen LogP contribution is -2.36. The average molecular weight is 475 g/mol. The van der Waals surface area contributed by atoms with Crippen LogP contribution in [0.25, 0.3) is 10.9 Å². The summed E-state index contributed by atoms with van der Waals surface area (Å²) >= 11 is 9.43. The molecule has 2 aromatic carbocycles. The second-order valence-electron chi connectivity index (χ2n) is 7.18. The van der Waals surface area contributed by atoms with Crippen molar-refractivity contribution >= 4 is 50.2 Å². The number of aromatic amines is 1. The molecule has 0 saturated heterocycles. The number of nitrogens with zero attached hydrogens (tertiary/aromatic N) is 1. The number of amides is 2. The lowest BCUT2D eigenvalue weighted by molar-refractivity contribution is -0.132. The molecule has 7 heteroatoms. The van der Waals surface area contributed by atoms with Crippen molar-refractivity contribution in [3.63, 3.8) is 0 Å². The van der Waals surface area contributed by atoms with Crippen molar-refractivity contribution in [2.24, 2.45) is 0 Å². The number of benzene rings is 2. The quantitative estimate of drug-likeness (QED) is 0.527. The van der Waals surface area contributed by atoms with E-state index in [4.69, 9.17) is 11.6 Å². The maximum atomic E-state index is 12.7. The zero-order valence-electron chi connectivity index (χ0n) is 15.8. The van der Waals surface area contributed by atoms with E-state index in [0.717, 1.165) is 16.4 Å². The van der Waals surface area contributed by atoms with Crippen LogP contribution in [0, 0.1) is 0 Å². The molecular formula is C22H21BrClN3O2. The van der Waals surface area contributed by atoms with Gasteiger partial charge in [0, 0.05) is 64.2 Å². The molecule has 0 saturated carbocycles. The van der Waals surface area contributed by atoms with Gasteiger partial charge in [0.2, 0.25) is 5.91 Å². The van der Waals surface area contributed by atoms with Crippen LogP contribution in [-0.4, -0.2) is 34.8 Å². The van der Waals surface area contributed by atoms with Gasteiger partial charge >= 0.3 is 0 Å². The van der Waals surface area contributed by atoms with E-state index in [2.05, 4.69) is 32.3 Å². The number of para-hydroxylation sites is 1. The molecule has 1 aliphatic rings. The molecule has 1 aliphatic heterocycles. The molecule has 150 valence electrons. The molecular weight excluding hydrogens is 454 g/mol. The minimum Gasteiger partial charge on any atom is -0.357 e. The first-order valence-corrected chi connectivity index (χ1v) is 10.8. The summed E-state index contributed by atoms with van der Waals surface area (Å²) in [5, 5.41) is 4.62. The topological polar surface area (TPSA) is 65.2 Å². The summed E-state index contributed by atoms with van der Waals surface area (Å²) < 4.78 is 1.04. The number of carbonyl (C=O) groups excluding carboxylic acids is 2. The van der Waals surface area contributed by atoms with Crippen LogP contribution >= 0.6 is 27.5 Å². The van der Waals surface area contributed by atoms with Crippen LogP contribution in [-0.2, 0) is 17.8 Å². The molecule has 2 heterocycles. The first kappa shape index (κ1) is 20.0. The van der Waals surface area contributed by atoms with Crippen molar-refractivity contribution in [3.8, 4) is 0 Å². The summed E-state index contributed by atoms with van der Waals surface area (Å²) in [6.45, 7) is 1.81. The maximum Gasteiger partial charge on any atom is 0.251 e. The van der Waals surface area contributed by atoms with Gasteiger partial charge in [0.15, 0.2) is 0 Å². The number of hydrogen-bond acceptors (Lipinski definition) is 2. The van der Waals surface area contributed by atoms with E-state index in [-0.39, 0.29) is 11.8 Å². The fourth-order valence-electron chi connectivity index (χ4n) is 3.72. The first-order chi connectivity index (χ1) is 14.0. The van der Waals surface area contributed by atoms with Crippen molar-refractivity contribution in [2.45, 2.75) is 25.8 Å². The summed E-state index contributed by atoms with van der Waals surface area (Å²) in [5.74, 6) is -0.0261. The third kappa shape index (κ3) is 4.33. The third-order valence-electron chi connectivity index (χ3n) is 5.27. The molecule has 4 rings (SSSR count). The molecule has 0 unspecified atom stereocenters. The maximum absolute atomic E-state index is 12.7. The number of nitrogens with one attached hydrogen (secondary N) is 2. The van der Waals surface area contributed by atoms with Gasteiger partial charge in [-0.2, -0.15) is 0 Å². The summed E-state index contributed by atoms with van der Waals surface area (Å²) in [6.07, 6.45) is 1.86. The van der Waals surface area contributed by atoms with Gasteiger partial charge in [-0.15, -0.1) is 0 Å². The van der Waals surface area contributed by atoms with Crippen molar-refractivity contribution in [2.75, 3.05) is 13.1 Å². The molecule has 2 N–H and O–H groups in total. The van der Waals surface area contributed by atoms with E-state index in [1.54, 1.807) is 24.3 Å². The number of hydrogen-bond donors (Lipinski definition) is 2. The predicted octanol–water partition coefficient (Wildman–Crippen LogP) is 4.68. The molecule has 5 nitrogen and oxygen atoms in total. The highest BCUT2D eigenvalue weighted by molar-refractivity contribution is 9.10. The predicted molar refractivity (Wildman–Crippen MR) is 118 cm³/mol. The molecule has 2 amide bonds. The number of H-pyrrole nitrogens is 1. The Bertz CT molecular complexity index is 1060. The lowest BCUT2D eigenvalue weighted by Gasteiger charge is -2.27. The minimum absolute atomic E-state index is 0.126. The van der Waals surface area contributed by atoms with Crippen LogP contribution in [0.3, 0.4) is 0 Å². The minimum atomic E-state index is -0.152. The Kier molecular flexibility index (Phi) is 5.92. The highest BCUT2D eigenvalue weighted by Gasteiger charge is 2.24. The molecule has 1 aromatic heterocycles. The van der Waals surface area contributed by atoms with E-state index in [0.29, 0.717) is 43.1 Å². The standard InChI is InChI=1S/C22H21BrClN3O2/c23-18-4-1-3-16-17-13-27(12-10-19(17)26-21(16)18)20(28)5-2-11-25-22(29)14-6-8-15(24)9-7-14/h1,3-4,6-9,26H,2,5,10-13H2,(H,25,29). The number of carbonyl (C=O) groups is 2. The van der Waals surface area contributed by atoms with Gasteiger partial charge in [0.1, 0.15) is 0 Å². The summed E-state index contributed by atoms with van der Waals surface area (Å²) in [5.41, 5.74) is 4.08. The van der Waals surface area contributed by atoms with Gasteiger partial charge in [0.05, 0.1) is 5.52 Å². The van der Waals surface area contributed by atoms with E-state index in [1.807, 2.05) is 17.0 Å². The van der Waals surface area contributed by atoms with Gasteiger partial charge < -0.3 is 15.2 Å². The molecule has 0 spiro atoms. The fourth-order valence-corrected chi connectivity index (χ4v) is 4.31. The second-order valence-corrected chi connectivity index (χ2v) is 8.47. The molecule has 3 aromatic rings. The van der Waals surface area contributed by atoms with E-state index in [1.165, 1.54) is 16.6 Å². The van der Waals surface area contributed by atoms with Crippen LogP contribution in [0.4, 0.5) is 0 Å². The normalized spacial score (nSPS) is 13.4. The molecule has 0 aliphatic carbocycles. The van der Waals surface area contributed by atoms with Gasteiger partial charge in [-0.25, -0.2) is 0 Å². The average Bonchev–Trinajstić information content (AvgIpc) is 3.11. The molecule has 0 fully saturated rings. The number of rotatable bonds is 5. The molecule has 0 atom stereocenters. The Morgan fingerprint density at radius 1 is 1.17 bits per heavy atom. The Labute approximate surface area is 182 Å². The van der Waals surface area contributed by atoms with Crippen LogP contribution in [0.5, 0.6) is 0 Å². The van der Waals surface area contributed by atoms with E-state index >= 15 is 0 Å². The van der Waals surface area contributed by atoms with Crippen molar-refractivity contribution < 1.29 is 9.59 Å². The Morgan fingerprint density at radius 3 is 2.76 bits per heavy atom. The van der Waals surface area contributed by atoms with Gasteiger partial charge in [-0.05, 0) is 52.7 Å². The van der Waals surface area contributed by atoms with Crippen molar-refractivity contribution in [3.05, 3.63) is 68.8 Å². The number of aromatic nitrogens is 1. The Hall–Kier alpha value is -2.31. The summed E-state index contributed by atoms with van der Waals surface area (Å²) in [4.78, 5) is 30.2. The SMILES string of the molecule is O=C(NCCCC(=O)N1CCc2[nH]c3c(Br)cccc3c2C1)c1ccc(Cl)cc1. The highest BCUT2D eigenvalue weighted by atomic mass is 79.9. The zero-order chi connectivity index (χ0) is 20.4. The monoisotopic (exact) mass is 473 g/mol. The number of halogens is 2. The smallest absolute Gasteiger partial charge is 0.251 e. The van der Waals surface area contributed by atoms with Gasteiger partial charge in [0.25, 0.3) is 5.91 Å². The molecule has 0 bridgehead atoms. The number of fused-ring (bicyclic) bond motifs is 3. The fraction of sp³-hybridized carbons (Fsp3) is 0.273. The summed E-state index contributed by atoms with van der Waals surface area (Å²) in [7, 11) is 0. The van der Waals surface area contributed by atoms with Crippen LogP contribution in [0.1, 0.15) is 34.5 Å². The Balaban J connectivity index is 1.30. The van der Waals surface area contributed by atoms with Gasteiger partial charge in [-0.1, -0.05) is 23.7 Å². The van der Waals surface area contributed by atoms with Crippen molar-refractivity contribution in [1.82, 2.24) is 15.2 Å². The van der Waals surface area contributed by atoms with Crippen LogP contribution in [0.15, 0.2) is 46.9 Å². The summed E-state index contributed by atoms with van der Waals surface area (Å²) in [6, 6.07) is 12.9. The largest absolute Gasteiger partial charge is 0.357 e. The Morgan fingerprint density at radius 2 is 1.97 bits per heavy atom.